The molecular formula is C17H28N2O2. The number of likely N-dealkylation sites (N-methyl/N-ethyl adjacent to an activating group) is 2. The van der Waals surface area contributed by atoms with Crippen LogP contribution in [-0.4, -0.2) is 61.8 Å². The van der Waals surface area contributed by atoms with Gasteiger partial charge in [-0.25, -0.2) is 0 Å². The van der Waals surface area contributed by atoms with Crippen molar-refractivity contribution in [2.75, 3.05) is 40.8 Å². The highest BCUT2D eigenvalue weighted by Crippen LogP contribution is 2.33. The van der Waals surface area contributed by atoms with E-state index in [4.69, 9.17) is 4.74 Å². The number of aliphatic hydroxyl groups excluding tert-OH is 1. The van der Waals surface area contributed by atoms with Crippen molar-refractivity contribution in [1.82, 2.24) is 9.80 Å². The Kier molecular flexibility index (Phi) is 5.25. The van der Waals surface area contributed by atoms with Crippen molar-refractivity contribution < 1.29 is 9.84 Å². The van der Waals surface area contributed by atoms with Gasteiger partial charge in [0.15, 0.2) is 0 Å². The van der Waals surface area contributed by atoms with E-state index in [1.54, 1.807) is 7.11 Å². The van der Waals surface area contributed by atoms with Gasteiger partial charge in [-0.15, -0.1) is 0 Å². The van der Waals surface area contributed by atoms with Crippen LogP contribution in [0.2, 0.25) is 0 Å². The third kappa shape index (κ3) is 3.57. The van der Waals surface area contributed by atoms with Crippen LogP contribution in [0.1, 0.15) is 29.2 Å². The van der Waals surface area contributed by atoms with Crippen LogP contribution >= 0.6 is 0 Å². The summed E-state index contributed by atoms with van der Waals surface area (Å²) in [7, 11) is 5.96. The van der Waals surface area contributed by atoms with Crippen molar-refractivity contribution in [1.29, 1.82) is 0 Å². The Morgan fingerprint density at radius 3 is 2.67 bits per heavy atom. The molecule has 21 heavy (non-hydrogen) atoms. The molecule has 1 fully saturated rings. The summed E-state index contributed by atoms with van der Waals surface area (Å²) < 4.78 is 5.53. The summed E-state index contributed by atoms with van der Waals surface area (Å²) in [5, 5.41) is 10.7. The molecule has 1 aliphatic rings. The minimum Gasteiger partial charge on any atom is -0.496 e. The summed E-state index contributed by atoms with van der Waals surface area (Å²) in [6.07, 6.45) is 0.248. The molecule has 4 nitrogen and oxygen atoms in total. The van der Waals surface area contributed by atoms with Crippen molar-refractivity contribution in [3.8, 4) is 5.75 Å². The molecule has 0 amide bonds. The predicted molar refractivity (Wildman–Crippen MR) is 86.0 cm³/mol. The summed E-state index contributed by atoms with van der Waals surface area (Å²) in [4.78, 5) is 4.67. The topological polar surface area (TPSA) is 35.9 Å². The SMILES string of the molecule is COc1c(C(O)CC2CN(C)CCN2C)ccc(C)c1C. The average Bonchev–Trinajstić information content (AvgIpc) is 2.45. The van der Waals surface area contributed by atoms with Crippen LogP contribution in [0.4, 0.5) is 0 Å². The van der Waals surface area contributed by atoms with Crippen molar-refractivity contribution in [2.45, 2.75) is 32.4 Å². The number of piperazine rings is 1. The first-order valence-electron chi connectivity index (χ1n) is 7.65. The molecule has 1 heterocycles. The van der Waals surface area contributed by atoms with E-state index in [0.717, 1.165) is 42.9 Å². The minimum absolute atomic E-state index is 0.380. The smallest absolute Gasteiger partial charge is 0.127 e. The van der Waals surface area contributed by atoms with E-state index < -0.39 is 6.10 Å². The molecule has 0 aromatic heterocycles. The van der Waals surface area contributed by atoms with Gasteiger partial charge in [0.05, 0.1) is 13.2 Å². The van der Waals surface area contributed by atoms with E-state index >= 15 is 0 Å². The highest BCUT2D eigenvalue weighted by Gasteiger charge is 2.26. The van der Waals surface area contributed by atoms with Gasteiger partial charge in [0.25, 0.3) is 0 Å². The van der Waals surface area contributed by atoms with Crippen LogP contribution in [0.15, 0.2) is 12.1 Å². The second kappa shape index (κ2) is 6.77. The Hall–Kier alpha value is -1.10. The summed E-state index contributed by atoms with van der Waals surface area (Å²) >= 11 is 0. The van der Waals surface area contributed by atoms with Gasteiger partial charge >= 0.3 is 0 Å². The summed E-state index contributed by atoms with van der Waals surface area (Å²) in [6, 6.07) is 4.44. The second-order valence-electron chi connectivity index (χ2n) is 6.28. The number of aliphatic hydroxyl groups is 1. The van der Waals surface area contributed by atoms with Gasteiger partial charge in [-0.2, -0.15) is 0 Å². The number of hydrogen-bond acceptors (Lipinski definition) is 4. The van der Waals surface area contributed by atoms with Gasteiger partial charge in [-0.05, 0) is 45.5 Å². The Morgan fingerprint density at radius 2 is 2.00 bits per heavy atom. The molecule has 0 saturated carbocycles. The maximum Gasteiger partial charge on any atom is 0.127 e. The molecule has 1 saturated heterocycles. The molecular weight excluding hydrogens is 264 g/mol. The Balaban J connectivity index is 2.16. The first-order chi connectivity index (χ1) is 9.93. The largest absolute Gasteiger partial charge is 0.496 e. The molecule has 1 aliphatic heterocycles. The number of hydrogen-bond donors (Lipinski definition) is 1. The van der Waals surface area contributed by atoms with Crippen LogP contribution in [0.25, 0.3) is 0 Å². The minimum atomic E-state index is -0.488. The van der Waals surface area contributed by atoms with E-state index in [1.807, 2.05) is 13.0 Å². The zero-order valence-corrected chi connectivity index (χ0v) is 13.9. The van der Waals surface area contributed by atoms with E-state index in [0.29, 0.717) is 6.04 Å². The van der Waals surface area contributed by atoms with Crippen LogP contribution in [0.5, 0.6) is 5.75 Å². The van der Waals surface area contributed by atoms with Crippen molar-refractivity contribution in [2.24, 2.45) is 0 Å². The molecule has 4 heteroatoms. The second-order valence-corrected chi connectivity index (χ2v) is 6.28. The lowest BCUT2D eigenvalue weighted by atomic mass is 9.95. The van der Waals surface area contributed by atoms with Gasteiger partial charge in [-0.1, -0.05) is 12.1 Å². The zero-order valence-electron chi connectivity index (χ0n) is 13.9. The lowest BCUT2D eigenvalue weighted by molar-refractivity contribution is 0.0625. The molecule has 0 spiro atoms. The van der Waals surface area contributed by atoms with Crippen molar-refractivity contribution >= 4 is 0 Å². The van der Waals surface area contributed by atoms with Crippen LogP contribution in [0, 0.1) is 13.8 Å². The van der Waals surface area contributed by atoms with Gasteiger partial charge in [0, 0.05) is 31.2 Å². The fourth-order valence-corrected chi connectivity index (χ4v) is 3.09. The summed E-state index contributed by atoms with van der Waals surface area (Å²) in [5.74, 6) is 0.828. The molecule has 1 aromatic rings. The number of rotatable bonds is 4. The first-order valence-corrected chi connectivity index (χ1v) is 7.65. The summed E-state index contributed by atoms with van der Waals surface area (Å²) in [6.45, 7) is 7.26. The number of benzene rings is 1. The summed E-state index contributed by atoms with van der Waals surface area (Å²) in [5.41, 5.74) is 3.21. The maximum absolute atomic E-state index is 10.7. The molecule has 0 bridgehead atoms. The Morgan fingerprint density at radius 1 is 1.29 bits per heavy atom. The molecule has 2 unspecified atom stereocenters. The van der Waals surface area contributed by atoms with Gasteiger partial charge in [0.1, 0.15) is 5.75 Å². The average molecular weight is 292 g/mol. The molecule has 1 aromatic carbocycles. The number of aryl methyl sites for hydroxylation is 1. The van der Waals surface area contributed by atoms with Crippen LogP contribution in [0.3, 0.4) is 0 Å². The fourth-order valence-electron chi connectivity index (χ4n) is 3.09. The predicted octanol–water partition coefficient (Wildman–Crippen LogP) is 1.98. The van der Waals surface area contributed by atoms with Crippen molar-refractivity contribution in [3.63, 3.8) is 0 Å². The zero-order chi connectivity index (χ0) is 15.6. The molecule has 0 aliphatic carbocycles. The highest BCUT2D eigenvalue weighted by atomic mass is 16.5. The fraction of sp³-hybridized carbons (Fsp3) is 0.647. The number of nitrogens with zero attached hydrogens (tertiary/aromatic N) is 2. The van der Waals surface area contributed by atoms with Crippen molar-refractivity contribution in [3.05, 3.63) is 28.8 Å². The lowest BCUT2D eigenvalue weighted by Crippen LogP contribution is -2.50. The highest BCUT2D eigenvalue weighted by molar-refractivity contribution is 5.46. The Bertz CT molecular complexity index is 490. The van der Waals surface area contributed by atoms with E-state index in [9.17, 15) is 5.11 Å². The number of methoxy groups -OCH3 is 1. The molecule has 1 N–H and O–H groups in total. The third-order valence-corrected chi connectivity index (χ3v) is 4.75. The number of ether oxygens (including phenoxy) is 1. The van der Waals surface area contributed by atoms with E-state index in [2.05, 4.69) is 36.9 Å². The van der Waals surface area contributed by atoms with Gasteiger partial charge in [0.2, 0.25) is 0 Å². The Labute approximate surface area is 128 Å². The van der Waals surface area contributed by atoms with Crippen LogP contribution < -0.4 is 4.74 Å². The molecule has 2 rings (SSSR count). The quantitative estimate of drug-likeness (QED) is 0.920. The first kappa shape index (κ1) is 16.3. The van der Waals surface area contributed by atoms with Crippen LogP contribution in [-0.2, 0) is 0 Å². The molecule has 2 atom stereocenters. The lowest BCUT2D eigenvalue weighted by Gasteiger charge is -2.38. The van der Waals surface area contributed by atoms with Gasteiger partial charge < -0.3 is 19.6 Å². The van der Waals surface area contributed by atoms with E-state index in [1.165, 1.54) is 5.56 Å². The molecule has 118 valence electrons. The normalized spacial score (nSPS) is 22.3. The van der Waals surface area contributed by atoms with E-state index in [-0.39, 0.29) is 0 Å². The van der Waals surface area contributed by atoms with Gasteiger partial charge in [-0.3, -0.25) is 0 Å². The monoisotopic (exact) mass is 292 g/mol. The third-order valence-electron chi connectivity index (χ3n) is 4.75. The maximum atomic E-state index is 10.7. The standard InChI is InChI=1S/C17H28N2O2/c1-12-6-7-15(17(21-5)13(12)2)16(20)10-14-11-18(3)8-9-19(14)4/h6-7,14,16,20H,8-11H2,1-5H3. The molecule has 0 radical (unpaired) electrons.